The number of nitrogen functional groups attached to an aromatic ring is 1. The largest absolute Gasteiger partial charge is 0.388 e. The fraction of sp³-hybridized carbons (Fsp3) is 0.714. The summed E-state index contributed by atoms with van der Waals surface area (Å²) in [7, 11) is 0. The SMILES string of the molecule is CC(C)c1nc(N)cc(NCC2(O)CCCCC2)n1. The summed E-state index contributed by atoms with van der Waals surface area (Å²) in [6.45, 7) is 4.60. The second-order valence-electron chi connectivity index (χ2n) is 5.83. The molecule has 0 aliphatic heterocycles. The van der Waals surface area contributed by atoms with E-state index in [1.165, 1.54) is 6.42 Å². The van der Waals surface area contributed by atoms with Gasteiger partial charge in [0.1, 0.15) is 17.5 Å². The molecule has 0 amide bonds. The Labute approximate surface area is 114 Å². The molecule has 19 heavy (non-hydrogen) atoms. The summed E-state index contributed by atoms with van der Waals surface area (Å²) in [6, 6.07) is 1.72. The Morgan fingerprint density at radius 2 is 2.00 bits per heavy atom. The topological polar surface area (TPSA) is 84.1 Å². The molecule has 1 aliphatic rings. The van der Waals surface area contributed by atoms with Gasteiger partial charge in [0.05, 0.1) is 5.60 Å². The highest BCUT2D eigenvalue weighted by atomic mass is 16.3. The van der Waals surface area contributed by atoms with Crippen molar-refractivity contribution in [2.45, 2.75) is 57.5 Å². The molecule has 2 rings (SSSR count). The molecule has 0 radical (unpaired) electrons. The van der Waals surface area contributed by atoms with Crippen molar-refractivity contribution in [3.63, 3.8) is 0 Å². The summed E-state index contributed by atoms with van der Waals surface area (Å²) in [5.74, 6) is 2.15. The molecule has 0 saturated heterocycles. The molecular formula is C14H24N4O. The van der Waals surface area contributed by atoms with Crippen molar-refractivity contribution in [3.8, 4) is 0 Å². The molecule has 1 aromatic rings. The van der Waals surface area contributed by atoms with Gasteiger partial charge in [0.25, 0.3) is 0 Å². The van der Waals surface area contributed by atoms with Gasteiger partial charge in [0, 0.05) is 18.5 Å². The van der Waals surface area contributed by atoms with Crippen LogP contribution in [-0.4, -0.2) is 27.2 Å². The predicted octanol–water partition coefficient (Wildman–Crippen LogP) is 2.29. The Balaban J connectivity index is 2.02. The van der Waals surface area contributed by atoms with E-state index in [2.05, 4.69) is 15.3 Å². The summed E-state index contributed by atoms with van der Waals surface area (Å²) in [5, 5.41) is 13.7. The van der Waals surface area contributed by atoms with Crippen LogP contribution in [0.3, 0.4) is 0 Å². The van der Waals surface area contributed by atoms with Crippen molar-refractivity contribution in [3.05, 3.63) is 11.9 Å². The van der Waals surface area contributed by atoms with E-state index in [0.717, 1.165) is 31.5 Å². The first-order valence-electron chi connectivity index (χ1n) is 7.09. The Bertz CT molecular complexity index is 427. The summed E-state index contributed by atoms with van der Waals surface area (Å²) in [5.41, 5.74) is 5.18. The van der Waals surface area contributed by atoms with E-state index in [-0.39, 0.29) is 5.92 Å². The zero-order valence-electron chi connectivity index (χ0n) is 11.8. The number of anilines is 2. The Kier molecular flexibility index (Phi) is 4.24. The lowest BCUT2D eigenvalue weighted by Crippen LogP contribution is -2.39. The van der Waals surface area contributed by atoms with Gasteiger partial charge in [-0.3, -0.25) is 0 Å². The van der Waals surface area contributed by atoms with Gasteiger partial charge in [-0.25, -0.2) is 9.97 Å². The number of nitrogens with zero attached hydrogens (tertiary/aromatic N) is 2. The van der Waals surface area contributed by atoms with E-state index in [0.29, 0.717) is 18.2 Å². The van der Waals surface area contributed by atoms with Crippen LogP contribution in [0.25, 0.3) is 0 Å². The van der Waals surface area contributed by atoms with Crippen molar-refractivity contribution in [2.24, 2.45) is 0 Å². The maximum absolute atomic E-state index is 10.4. The van der Waals surface area contributed by atoms with E-state index in [1.54, 1.807) is 6.07 Å². The van der Waals surface area contributed by atoms with Crippen LogP contribution in [0.2, 0.25) is 0 Å². The van der Waals surface area contributed by atoms with Crippen LogP contribution in [-0.2, 0) is 0 Å². The second-order valence-corrected chi connectivity index (χ2v) is 5.83. The lowest BCUT2D eigenvalue weighted by molar-refractivity contribution is 0.0166. The maximum atomic E-state index is 10.4. The van der Waals surface area contributed by atoms with Crippen molar-refractivity contribution >= 4 is 11.6 Å². The lowest BCUT2D eigenvalue weighted by Gasteiger charge is -2.32. The fourth-order valence-electron chi connectivity index (χ4n) is 2.48. The fourth-order valence-corrected chi connectivity index (χ4v) is 2.48. The van der Waals surface area contributed by atoms with Gasteiger partial charge in [0.15, 0.2) is 0 Å². The number of nitrogens with one attached hydrogen (secondary N) is 1. The van der Waals surface area contributed by atoms with Gasteiger partial charge in [-0.1, -0.05) is 33.1 Å². The summed E-state index contributed by atoms with van der Waals surface area (Å²) in [4.78, 5) is 8.64. The molecule has 0 atom stereocenters. The predicted molar refractivity (Wildman–Crippen MR) is 77.1 cm³/mol. The van der Waals surface area contributed by atoms with Crippen molar-refractivity contribution in [2.75, 3.05) is 17.6 Å². The normalized spacial score (nSPS) is 18.5. The third-order valence-electron chi connectivity index (χ3n) is 3.66. The van der Waals surface area contributed by atoms with Crippen LogP contribution in [0.5, 0.6) is 0 Å². The van der Waals surface area contributed by atoms with E-state index < -0.39 is 5.60 Å². The molecule has 106 valence electrons. The number of nitrogens with two attached hydrogens (primary N) is 1. The number of hydrogen-bond acceptors (Lipinski definition) is 5. The first-order chi connectivity index (χ1) is 8.98. The standard InChI is InChI=1S/C14H24N4O/c1-10(2)13-17-11(15)8-12(18-13)16-9-14(19)6-4-3-5-7-14/h8,10,19H,3-7,9H2,1-2H3,(H3,15,16,17,18). The molecule has 0 bridgehead atoms. The van der Waals surface area contributed by atoms with Crippen LogP contribution >= 0.6 is 0 Å². The maximum Gasteiger partial charge on any atom is 0.135 e. The molecule has 4 N–H and O–H groups in total. The third kappa shape index (κ3) is 3.80. The van der Waals surface area contributed by atoms with Crippen LogP contribution in [0.1, 0.15) is 57.7 Å². The number of aliphatic hydroxyl groups is 1. The Morgan fingerprint density at radius 1 is 1.32 bits per heavy atom. The average Bonchev–Trinajstić information content (AvgIpc) is 2.37. The molecule has 1 aromatic heterocycles. The van der Waals surface area contributed by atoms with Crippen molar-refractivity contribution < 1.29 is 5.11 Å². The van der Waals surface area contributed by atoms with Gasteiger partial charge in [-0.2, -0.15) is 0 Å². The molecule has 0 spiro atoms. The average molecular weight is 264 g/mol. The molecule has 0 unspecified atom stereocenters. The summed E-state index contributed by atoms with van der Waals surface area (Å²) in [6.07, 6.45) is 5.14. The molecule has 1 heterocycles. The van der Waals surface area contributed by atoms with Gasteiger partial charge < -0.3 is 16.2 Å². The first-order valence-corrected chi connectivity index (χ1v) is 7.09. The molecule has 1 saturated carbocycles. The number of rotatable bonds is 4. The van der Waals surface area contributed by atoms with Gasteiger partial charge in [-0.05, 0) is 12.8 Å². The molecule has 1 fully saturated rings. The zero-order valence-corrected chi connectivity index (χ0v) is 11.8. The van der Waals surface area contributed by atoms with Crippen molar-refractivity contribution in [1.82, 2.24) is 9.97 Å². The summed E-state index contributed by atoms with van der Waals surface area (Å²) < 4.78 is 0. The van der Waals surface area contributed by atoms with Crippen molar-refractivity contribution in [1.29, 1.82) is 0 Å². The highest BCUT2D eigenvalue weighted by Gasteiger charge is 2.28. The smallest absolute Gasteiger partial charge is 0.135 e. The van der Waals surface area contributed by atoms with E-state index >= 15 is 0 Å². The number of hydrogen-bond donors (Lipinski definition) is 3. The molecule has 1 aliphatic carbocycles. The van der Waals surface area contributed by atoms with Crippen LogP contribution in [0.4, 0.5) is 11.6 Å². The minimum atomic E-state index is -0.601. The first kappa shape index (κ1) is 14.1. The van der Waals surface area contributed by atoms with Gasteiger partial charge >= 0.3 is 0 Å². The van der Waals surface area contributed by atoms with E-state index in [1.807, 2.05) is 13.8 Å². The highest BCUT2D eigenvalue weighted by molar-refractivity contribution is 5.45. The van der Waals surface area contributed by atoms with Crippen LogP contribution < -0.4 is 11.1 Å². The Morgan fingerprint density at radius 3 is 2.63 bits per heavy atom. The van der Waals surface area contributed by atoms with Crippen LogP contribution in [0, 0.1) is 0 Å². The second kappa shape index (κ2) is 5.74. The quantitative estimate of drug-likeness (QED) is 0.777. The number of aromatic nitrogens is 2. The Hall–Kier alpha value is -1.36. The van der Waals surface area contributed by atoms with Crippen LogP contribution in [0.15, 0.2) is 6.07 Å². The summed E-state index contributed by atoms with van der Waals surface area (Å²) >= 11 is 0. The molecular weight excluding hydrogens is 240 g/mol. The minimum absolute atomic E-state index is 0.238. The molecule has 5 nitrogen and oxygen atoms in total. The third-order valence-corrected chi connectivity index (χ3v) is 3.66. The monoisotopic (exact) mass is 264 g/mol. The minimum Gasteiger partial charge on any atom is -0.388 e. The zero-order chi connectivity index (χ0) is 13.9. The van der Waals surface area contributed by atoms with Gasteiger partial charge in [0.2, 0.25) is 0 Å². The van der Waals surface area contributed by atoms with E-state index in [9.17, 15) is 5.11 Å². The lowest BCUT2D eigenvalue weighted by atomic mass is 9.85. The highest BCUT2D eigenvalue weighted by Crippen LogP contribution is 2.28. The van der Waals surface area contributed by atoms with Gasteiger partial charge in [-0.15, -0.1) is 0 Å². The van der Waals surface area contributed by atoms with E-state index in [4.69, 9.17) is 5.73 Å². The molecule has 0 aromatic carbocycles. The molecule has 5 heteroatoms.